The van der Waals surface area contributed by atoms with Crippen molar-refractivity contribution in [2.75, 3.05) is 26.7 Å². The molecular weight excluding hydrogens is 340 g/mol. The van der Waals surface area contributed by atoms with E-state index >= 15 is 0 Å². The Bertz CT molecular complexity index is 821. The van der Waals surface area contributed by atoms with Crippen LogP contribution in [0.2, 0.25) is 0 Å². The van der Waals surface area contributed by atoms with Crippen LogP contribution in [0, 0.1) is 11.8 Å². The van der Waals surface area contributed by atoms with Crippen LogP contribution < -0.4 is 5.32 Å². The second-order valence-corrected chi connectivity index (χ2v) is 8.34. The first-order valence-electron chi connectivity index (χ1n) is 10.1. The van der Waals surface area contributed by atoms with Crippen LogP contribution >= 0.6 is 0 Å². The number of hydrogen-bond donors (Lipinski definition) is 1. The van der Waals surface area contributed by atoms with Crippen molar-refractivity contribution in [3.63, 3.8) is 0 Å². The summed E-state index contributed by atoms with van der Waals surface area (Å²) in [6.07, 6.45) is 2.57. The summed E-state index contributed by atoms with van der Waals surface area (Å²) in [5.41, 5.74) is 2.57. The van der Waals surface area contributed by atoms with Crippen molar-refractivity contribution in [2.45, 2.75) is 45.8 Å². The molecule has 0 radical (unpaired) electrons. The minimum atomic E-state index is -0.297. The van der Waals surface area contributed by atoms with Crippen molar-refractivity contribution in [2.24, 2.45) is 11.8 Å². The first-order valence-corrected chi connectivity index (χ1v) is 10.1. The summed E-state index contributed by atoms with van der Waals surface area (Å²) in [6, 6.07) is 6.32. The SMILES string of the molecule is COC(=O)c1cccc2c1c(CN[C@@H]1CN3CCC1CC3)nn2CC(C)C. The summed E-state index contributed by atoms with van der Waals surface area (Å²) in [5.74, 6) is 0.949. The highest BCUT2D eigenvalue weighted by Crippen LogP contribution is 2.29. The van der Waals surface area contributed by atoms with E-state index in [4.69, 9.17) is 9.84 Å². The van der Waals surface area contributed by atoms with E-state index in [2.05, 4.69) is 30.1 Å². The molecule has 1 aromatic heterocycles. The van der Waals surface area contributed by atoms with E-state index in [1.165, 1.54) is 33.0 Å². The molecule has 5 rings (SSSR count). The number of benzene rings is 1. The molecule has 0 spiro atoms. The summed E-state index contributed by atoms with van der Waals surface area (Å²) in [6.45, 7) is 9.49. The van der Waals surface area contributed by atoms with Crippen LogP contribution in [-0.2, 0) is 17.8 Å². The number of piperidine rings is 3. The first-order chi connectivity index (χ1) is 13.1. The fourth-order valence-electron chi connectivity index (χ4n) is 4.62. The van der Waals surface area contributed by atoms with Crippen molar-refractivity contribution in [1.29, 1.82) is 0 Å². The Morgan fingerprint density at radius 3 is 2.74 bits per heavy atom. The highest BCUT2D eigenvalue weighted by molar-refractivity contribution is 6.04. The van der Waals surface area contributed by atoms with Crippen molar-refractivity contribution >= 4 is 16.9 Å². The lowest BCUT2D eigenvalue weighted by Crippen LogP contribution is -2.55. The fraction of sp³-hybridized carbons (Fsp3) is 0.619. The Kier molecular flexibility index (Phi) is 5.19. The Morgan fingerprint density at radius 1 is 1.33 bits per heavy atom. The number of fused-ring (bicyclic) bond motifs is 4. The predicted octanol–water partition coefficient (Wildman–Crippen LogP) is 2.66. The lowest BCUT2D eigenvalue weighted by Gasteiger charge is -2.45. The van der Waals surface area contributed by atoms with Crippen LogP contribution in [0.4, 0.5) is 0 Å². The predicted molar refractivity (Wildman–Crippen MR) is 106 cm³/mol. The van der Waals surface area contributed by atoms with E-state index in [0.717, 1.165) is 35.6 Å². The summed E-state index contributed by atoms with van der Waals surface area (Å²) in [5, 5.41) is 9.56. The van der Waals surface area contributed by atoms with Gasteiger partial charge in [-0.1, -0.05) is 19.9 Å². The molecule has 3 fully saturated rings. The van der Waals surface area contributed by atoms with E-state index in [1.54, 1.807) is 0 Å². The molecule has 0 saturated carbocycles. The highest BCUT2D eigenvalue weighted by atomic mass is 16.5. The third-order valence-electron chi connectivity index (χ3n) is 5.98. The van der Waals surface area contributed by atoms with Crippen LogP contribution in [0.25, 0.3) is 10.9 Å². The average Bonchev–Trinajstić information content (AvgIpc) is 3.04. The minimum Gasteiger partial charge on any atom is -0.465 e. The number of rotatable bonds is 6. The van der Waals surface area contributed by atoms with Gasteiger partial charge in [0.2, 0.25) is 0 Å². The molecule has 2 bridgehead atoms. The molecule has 0 amide bonds. The van der Waals surface area contributed by atoms with Crippen molar-refractivity contribution in [3.8, 4) is 0 Å². The van der Waals surface area contributed by atoms with Crippen molar-refractivity contribution < 1.29 is 9.53 Å². The molecule has 0 unspecified atom stereocenters. The number of esters is 1. The summed E-state index contributed by atoms with van der Waals surface area (Å²) in [7, 11) is 1.44. The maximum absolute atomic E-state index is 12.3. The number of aromatic nitrogens is 2. The van der Waals surface area contributed by atoms with Crippen LogP contribution in [-0.4, -0.2) is 53.4 Å². The fourth-order valence-corrected chi connectivity index (χ4v) is 4.62. The van der Waals surface area contributed by atoms with Crippen molar-refractivity contribution in [1.82, 2.24) is 20.0 Å². The zero-order valence-electron chi connectivity index (χ0n) is 16.6. The van der Waals surface area contributed by atoms with E-state index < -0.39 is 0 Å². The molecule has 27 heavy (non-hydrogen) atoms. The van der Waals surface area contributed by atoms with Gasteiger partial charge in [-0.05, 0) is 49.9 Å². The first kappa shape index (κ1) is 18.4. The molecule has 0 aliphatic carbocycles. The number of hydrogen-bond acceptors (Lipinski definition) is 5. The van der Waals surface area contributed by atoms with Gasteiger partial charge >= 0.3 is 5.97 Å². The molecule has 3 aliphatic rings. The summed E-state index contributed by atoms with van der Waals surface area (Å²) in [4.78, 5) is 14.9. The third-order valence-corrected chi connectivity index (χ3v) is 5.98. The zero-order valence-corrected chi connectivity index (χ0v) is 16.6. The van der Waals surface area contributed by atoms with Gasteiger partial charge in [0.25, 0.3) is 0 Å². The quantitative estimate of drug-likeness (QED) is 0.792. The maximum atomic E-state index is 12.3. The lowest BCUT2D eigenvalue weighted by molar-refractivity contribution is 0.0603. The number of carbonyl (C=O) groups is 1. The number of methoxy groups -OCH3 is 1. The minimum absolute atomic E-state index is 0.297. The lowest BCUT2D eigenvalue weighted by atomic mass is 9.84. The van der Waals surface area contributed by atoms with Crippen molar-refractivity contribution in [3.05, 3.63) is 29.5 Å². The van der Waals surface area contributed by atoms with Gasteiger partial charge in [0.15, 0.2) is 0 Å². The van der Waals surface area contributed by atoms with Gasteiger partial charge in [-0.25, -0.2) is 4.79 Å². The van der Waals surface area contributed by atoms with Crippen LogP contribution in [0.1, 0.15) is 42.7 Å². The number of nitrogens with one attached hydrogen (secondary N) is 1. The van der Waals surface area contributed by atoms with Crippen LogP contribution in [0.15, 0.2) is 18.2 Å². The monoisotopic (exact) mass is 370 g/mol. The summed E-state index contributed by atoms with van der Waals surface area (Å²) < 4.78 is 7.06. The van der Waals surface area contributed by atoms with Crippen LogP contribution in [0.3, 0.4) is 0 Å². The van der Waals surface area contributed by atoms with Gasteiger partial charge in [-0.2, -0.15) is 5.10 Å². The van der Waals surface area contributed by atoms with Gasteiger partial charge in [0, 0.05) is 31.1 Å². The normalized spacial score (nSPS) is 24.7. The molecule has 1 aromatic carbocycles. The Balaban J connectivity index is 1.65. The number of ether oxygens (including phenoxy) is 1. The van der Waals surface area contributed by atoms with E-state index in [9.17, 15) is 4.79 Å². The molecule has 1 N–H and O–H groups in total. The van der Waals surface area contributed by atoms with Gasteiger partial charge < -0.3 is 15.0 Å². The summed E-state index contributed by atoms with van der Waals surface area (Å²) >= 11 is 0. The Labute approximate surface area is 160 Å². The smallest absolute Gasteiger partial charge is 0.338 e. The Morgan fingerprint density at radius 2 is 2.11 bits per heavy atom. The highest BCUT2D eigenvalue weighted by Gasteiger charge is 2.34. The van der Waals surface area contributed by atoms with E-state index in [1.807, 2.05) is 16.8 Å². The molecule has 6 nitrogen and oxygen atoms in total. The second kappa shape index (κ2) is 7.60. The molecule has 2 aromatic rings. The molecule has 3 saturated heterocycles. The standard InChI is InChI=1S/C21H30N4O2/c1-14(2)12-25-19-6-4-5-16(21(26)27-3)20(19)17(23-25)11-22-18-13-24-9-7-15(18)8-10-24/h4-6,14-15,18,22H,7-13H2,1-3H3/t18-/m1/s1. The van der Waals surface area contributed by atoms with Gasteiger partial charge in [0.05, 0.1) is 23.9 Å². The topological polar surface area (TPSA) is 59.4 Å². The molecule has 3 aliphatic heterocycles. The molecule has 6 heteroatoms. The molecule has 1 atom stereocenters. The molecule has 146 valence electrons. The molecule has 4 heterocycles. The average molecular weight is 370 g/mol. The second-order valence-electron chi connectivity index (χ2n) is 8.34. The van der Waals surface area contributed by atoms with E-state index in [-0.39, 0.29) is 5.97 Å². The van der Waals surface area contributed by atoms with Gasteiger partial charge in [-0.3, -0.25) is 4.68 Å². The molecular formula is C21H30N4O2. The van der Waals surface area contributed by atoms with Gasteiger partial charge in [0.1, 0.15) is 0 Å². The number of carbonyl (C=O) groups excluding carboxylic acids is 1. The number of nitrogens with zero attached hydrogens (tertiary/aromatic N) is 3. The zero-order chi connectivity index (χ0) is 19.0. The van der Waals surface area contributed by atoms with E-state index in [0.29, 0.717) is 24.1 Å². The van der Waals surface area contributed by atoms with Gasteiger partial charge in [-0.15, -0.1) is 0 Å². The Hall–Kier alpha value is -1.92. The largest absolute Gasteiger partial charge is 0.465 e. The third kappa shape index (κ3) is 3.60. The van der Waals surface area contributed by atoms with Crippen LogP contribution in [0.5, 0.6) is 0 Å². The maximum Gasteiger partial charge on any atom is 0.338 e.